The molecule has 1 aliphatic heterocycles. The molecule has 0 radical (unpaired) electrons. The van der Waals surface area contributed by atoms with Crippen LogP contribution in [0.4, 0.5) is 17.1 Å². The van der Waals surface area contributed by atoms with Gasteiger partial charge in [0.05, 0.1) is 17.5 Å². The highest BCUT2D eigenvalue weighted by molar-refractivity contribution is 6.10. The summed E-state index contributed by atoms with van der Waals surface area (Å²) >= 11 is 0. The van der Waals surface area contributed by atoms with Crippen molar-refractivity contribution in [3.8, 4) is 17.2 Å². The molecule has 2 unspecified atom stereocenters. The first kappa shape index (κ1) is 29.5. The fourth-order valence-corrected chi connectivity index (χ4v) is 7.22. The van der Waals surface area contributed by atoms with E-state index in [0.717, 1.165) is 73.5 Å². The fraction of sp³-hybridized carbons (Fsp3) is 0.0667. The summed E-state index contributed by atoms with van der Waals surface area (Å²) in [5, 5.41) is 15.5. The molecule has 1 aliphatic carbocycles. The Hall–Kier alpha value is -6.64. The number of hydrogen-bond acceptors (Lipinski definition) is 5. The van der Waals surface area contributed by atoms with Crippen molar-refractivity contribution in [2.75, 3.05) is 4.90 Å². The first-order valence-corrected chi connectivity index (χ1v) is 16.9. The van der Waals surface area contributed by atoms with E-state index >= 15 is 0 Å². The molecule has 0 amide bonds. The van der Waals surface area contributed by atoms with Crippen LogP contribution in [-0.4, -0.2) is 5.71 Å². The Morgan fingerprint density at radius 2 is 1.30 bits per heavy atom. The summed E-state index contributed by atoms with van der Waals surface area (Å²) < 4.78 is 6.55. The Labute approximate surface area is 290 Å². The summed E-state index contributed by atoms with van der Waals surface area (Å²) in [5.74, 6) is 0.0452. The van der Waals surface area contributed by atoms with Crippen molar-refractivity contribution in [1.29, 1.82) is 5.26 Å². The molecule has 1 aromatic heterocycles. The predicted octanol–water partition coefficient (Wildman–Crippen LogP) is 11.2. The summed E-state index contributed by atoms with van der Waals surface area (Å²) in [6.45, 7) is 0. The lowest BCUT2D eigenvalue weighted by Crippen LogP contribution is -2.36. The molecule has 2 atom stereocenters. The van der Waals surface area contributed by atoms with Crippen molar-refractivity contribution in [2.24, 2.45) is 10.9 Å². The minimum atomic E-state index is -0.239. The van der Waals surface area contributed by atoms with Gasteiger partial charge in [-0.3, -0.25) is 4.99 Å². The molecular weight excluding hydrogens is 613 g/mol. The van der Waals surface area contributed by atoms with E-state index in [2.05, 4.69) is 132 Å². The average Bonchev–Trinajstić information content (AvgIpc) is 3.58. The highest BCUT2D eigenvalue weighted by Crippen LogP contribution is 2.43. The monoisotopic (exact) mass is 644 g/mol. The molecule has 0 spiro atoms. The second-order valence-electron chi connectivity index (χ2n) is 12.7. The largest absolute Gasteiger partial charge is 0.454 e. The molecule has 0 saturated carbocycles. The van der Waals surface area contributed by atoms with E-state index in [0.29, 0.717) is 5.57 Å². The lowest BCUT2D eigenvalue weighted by atomic mass is 9.84. The van der Waals surface area contributed by atoms with Crippen LogP contribution in [0.15, 0.2) is 184 Å². The van der Waals surface area contributed by atoms with Gasteiger partial charge in [-0.15, -0.1) is 0 Å². The average molecular weight is 645 g/mol. The lowest BCUT2D eigenvalue weighted by Gasteiger charge is -2.34. The number of nitrogens with zero attached hydrogens (tertiary/aromatic N) is 3. The van der Waals surface area contributed by atoms with E-state index in [4.69, 9.17) is 9.41 Å². The molecule has 1 N–H and O–H groups in total. The van der Waals surface area contributed by atoms with E-state index in [1.54, 1.807) is 0 Å². The number of hydrogen-bond donors (Lipinski definition) is 1. The van der Waals surface area contributed by atoms with Gasteiger partial charge in [-0.1, -0.05) is 121 Å². The quantitative estimate of drug-likeness (QED) is 0.196. The van der Waals surface area contributed by atoms with Gasteiger partial charge < -0.3 is 14.6 Å². The lowest BCUT2D eigenvalue weighted by molar-refractivity contribution is 0.541. The van der Waals surface area contributed by atoms with Crippen molar-refractivity contribution in [1.82, 2.24) is 5.32 Å². The van der Waals surface area contributed by atoms with Crippen LogP contribution in [0.3, 0.4) is 0 Å². The maximum atomic E-state index is 9.67. The van der Waals surface area contributed by atoms with Gasteiger partial charge in [0.2, 0.25) is 0 Å². The third-order valence-electron chi connectivity index (χ3n) is 9.68. The van der Waals surface area contributed by atoms with Gasteiger partial charge in [0.1, 0.15) is 11.7 Å². The van der Waals surface area contributed by atoms with E-state index in [-0.39, 0.29) is 12.1 Å². The smallest absolute Gasteiger partial charge is 0.159 e. The van der Waals surface area contributed by atoms with Gasteiger partial charge in [-0.05, 0) is 71.1 Å². The number of allylic oxidation sites excluding steroid dienone is 4. The third kappa shape index (κ3) is 5.24. The number of fused-ring (bicyclic) bond motifs is 4. The first-order chi connectivity index (χ1) is 24.7. The summed E-state index contributed by atoms with van der Waals surface area (Å²) in [6.07, 6.45) is 4.47. The number of nitrogens with one attached hydrogen (secondary N) is 1. The fourth-order valence-electron chi connectivity index (χ4n) is 7.22. The maximum Gasteiger partial charge on any atom is 0.159 e. The normalized spacial score (nSPS) is 16.8. The highest BCUT2D eigenvalue weighted by Gasteiger charge is 2.31. The molecule has 5 nitrogen and oxygen atoms in total. The van der Waals surface area contributed by atoms with E-state index in [1.165, 1.54) is 5.56 Å². The van der Waals surface area contributed by atoms with Crippen molar-refractivity contribution in [3.63, 3.8) is 0 Å². The van der Waals surface area contributed by atoms with Gasteiger partial charge in [0, 0.05) is 39.3 Å². The molecule has 7 aromatic rings. The molecule has 50 heavy (non-hydrogen) atoms. The zero-order chi connectivity index (χ0) is 33.4. The number of furan rings is 1. The number of para-hydroxylation sites is 2. The van der Waals surface area contributed by atoms with Crippen molar-refractivity contribution in [3.05, 3.63) is 186 Å². The zero-order valence-electron chi connectivity index (χ0n) is 27.2. The summed E-state index contributed by atoms with van der Waals surface area (Å²) in [5.41, 5.74) is 11.9. The second kappa shape index (κ2) is 12.4. The minimum absolute atomic E-state index is 0.0452. The van der Waals surface area contributed by atoms with E-state index < -0.39 is 0 Å². The summed E-state index contributed by atoms with van der Waals surface area (Å²) in [4.78, 5) is 7.55. The molecule has 2 heterocycles. The number of benzene rings is 6. The van der Waals surface area contributed by atoms with Crippen molar-refractivity contribution >= 4 is 44.7 Å². The third-order valence-corrected chi connectivity index (χ3v) is 9.68. The van der Waals surface area contributed by atoms with Crippen LogP contribution in [0.25, 0.3) is 33.1 Å². The predicted molar refractivity (Wildman–Crippen MR) is 203 cm³/mol. The standard InChI is InChI=1S/C45H32N4O/c46-29-30-18-27-39-40(28-30)47-45(34-12-5-2-6-13-34)48-43(39)33-21-25-36(26-22-33)49(35-23-19-32(20-24-35)31-10-3-1-4-11-31)41-16-9-15-38-37-14-7-8-17-42(37)50-44(38)41/h1-26,28,39,45,47H,27H2. The molecule has 6 aromatic carbocycles. The molecule has 238 valence electrons. The Morgan fingerprint density at radius 1 is 0.660 bits per heavy atom. The Balaban J connectivity index is 1.15. The van der Waals surface area contributed by atoms with Crippen LogP contribution < -0.4 is 10.2 Å². The topological polar surface area (TPSA) is 64.6 Å². The molecular formula is C45H32N4O. The number of anilines is 3. The first-order valence-electron chi connectivity index (χ1n) is 16.9. The Morgan fingerprint density at radius 3 is 2.04 bits per heavy atom. The maximum absolute atomic E-state index is 9.67. The van der Waals surface area contributed by atoms with Gasteiger partial charge in [0.15, 0.2) is 5.58 Å². The Kier molecular flexibility index (Phi) is 7.33. The van der Waals surface area contributed by atoms with Crippen LogP contribution in [-0.2, 0) is 0 Å². The van der Waals surface area contributed by atoms with Crippen LogP contribution in [0, 0.1) is 17.2 Å². The second-order valence-corrected chi connectivity index (χ2v) is 12.7. The van der Waals surface area contributed by atoms with Crippen LogP contribution in [0.1, 0.15) is 23.7 Å². The van der Waals surface area contributed by atoms with Crippen LogP contribution >= 0.6 is 0 Å². The van der Waals surface area contributed by atoms with Crippen LogP contribution in [0.5, 0.6) is 0 Å². The molecule has 0 fully saturated rings. The van der Waals surface area contributed by atoms with Crippen molar-refractivity contribution < 1.29 is 4.42 Å². The van der Waals surface area contributed by atoms with E-state index in [9.17, 15) is 5.26 Å². The van der Waals surface area contributed by atoms with Gasteiger partial charge in [-0.25, -0.2) is 0 Å². The van der Waals surface area contributed by atoms with Gasteiger partial charge in [-0.2, -0.15) is 5.26 Å². The summed E-state index contributed by atoms with van der Waals surface area (Å²) in [7, 11) is 0. The summed E-state index contributed by atoms with van der Waals surface area (Å²) in [6, 6.07) is 55.0. The number of rotatable bonds is 6. The van der Waals surface area contributed by atoms with Gasteiger partial charge >= 0.3 is 0 Å². The molecule has 5 heteroatoms. The van der Waals surface area contributed by atoms with Crippen molar-refractivity contribution in [2.45, 2.75) is 12.6 Å². The minimum Gasteiger partial charge on any atom is -0.454 e. The van der Waals surface area contributed by atoms with Gasteiger partial charge in [0.25, 0.3) is 0 Å². The molecule has 2 aliphatic rings. The number of aliphatic imine (C=N–C) groups is 1. The SMILES string of the molecule is N#CC1=CCC2C(=C1)NC(c1ccccc1)N=C2c1ccc(N(c2ccc(-c3ccccc3)cc2)c2cccc3c2oc2ccccc23)cc1. The Bertz CT molecular complexity index is 2490. The van der Waals surface area contributed by atoms with Crippen LogP contribution in [0.2, 0.25) is 0 Å². The molecule has 9 rings (SSSR count). The van der Waals surface area contributed by atoms with E-state index in [1.807, 2.05) is 48.6 Å². The number of nitriles is 1. The zero-order valence-corrected chi connectivity index (χ0v) is 27.2. The highest BCUT2D eigenvalue weighted by atomic mass is 16.3. The molecule has 0 bridgehead atoms. The molecule has 0 saturated heterocycles.